The van der Waals surface area contributed by atoms with Crippen LogP contribution < -0.4 is 9.47 Å². The molecule has 0 fully saturated rings. The fourth-order valence-electron chi connectivity index (χ4n) is 1.83. The minimum Gasteiger partial charge on any atom is -0.496 e. The number of aryl methyl sites for hydroxylation is 1. The monoisotopic (exact) mass is 243 g/mol. The van der Waals surface area contributed by atoms with Crippen LogP contribution in [-0.2, 0) is 0 Å². The number of imidazole rings is 1. The van der Waals surface area contributed by atoms with E-state index in [2.05, 4.69) is 9.97 Å². The lowest BCUT2D eigenvalue weighted by molar-refractivity contribution is 0.401. The quantitative estimate of drug-likeness (QED) is 0.897. The topological polar surface area (TPSA) is 70.9 Å². The maximum Gasteiger partial charge on any atom is 0.166 e. The Hall–Kier alpha value is -2.48. The Bertz CT molecular complexity index is 611. The van der Waals surface area contributed by atoms with Crippen LogP contribution in [-0.4, -0.2) is 24.2 Å². The Kier molecular flexibility index (Phi) is 3.20. The van der Waals surface area contributed by atoms with E-state index in [-0.39, 0.29) is 0 Å². The summed E-state index contributed by atoms with van der Waals surface area (Å²) >= 11 is 0. The molecule has 2 rings (SSSR count). The minimum absolute atomic E-state index is 0.333. The van der Waals surface area contributed by atoms with Gasteiger partial charge < -0.3 is 14.5 Å². The van der Waals surface area contributed by atoms with Crippen LogP contribution in [0.25, 0.3) is 11.3 Å². The Morgan fingerprint density at radius 2 is 1.94 bits per heavy atom. The van der Waals surface area contributed by atoms with Gasteiger partial charge in [-0.15, -0.1) is 0 Å². The van der Waals surface area contributed by atoms with Gasteiger partial charge in [-0.1, -0.05) is 0 Å². The van der Waals surface area contributed by atoms with E-state index in [9.17, 15) is 0 Å². The maximum atomic E-state index is 9.01. The SMILES string of the molecule is COc1cc(-c2[nH]cnc2C#N)c(OC)cc1C. The molecule has 0 saturated heterocycles. The summed E-state index contributed by atoms with van der Waals surface area (Å²) in [6.45, 7) is 1.93. The number of hydrogen-bond acceptors (Lipinski definition) is 4. The second-order valence-electron chi connectivity index (χ2n) is 3.76. The van der Waals surface area contributed by atoms with Crippen molar-refractivity contribution in [3.63, 3.8) is 0 Å². The zero-order valence-corrected chi connectivity index (χ0v) is 10.4. The van der Waals surface area contributed by atoms with Gasteiger partial charge in [-0.25, -0.2) is 4.98 Å². The number of aromatic nitrogens is 2. The number of benzene rings is 1. The highest BCUT2D eigenvalue weighted by molar-refractivity contribution is 5.73. The molecule has 2 aromatic rings. The molecule has 92 valence electrons. The van der Waals surface area contributed by atoms with Crippen molar-refractivity contribution >= 4 is 0 Å². The molecule has 1 aromatic carbocycles. The number of rotatable bonds is 3. The fourth-order valence-corrected chi connectivity index (χ4v) is 1.83. The third-order valence-electron chi connectivity index (χ3n) is 2.73. The van der Waals surface area contributed by atoms with Crippen molar-refractivity contribution in [3.8, 4) is 28.8 Å². The average molecular weight is 243 g/mol. The van der Waals surface area contributed by atoms with E-state index >= 15 is 0 Å². The van der Waals surface area contributed by atoms with E-state index in [4.69, 9.17) is 14.7 Å². The van der Waals surface area contributed by atoms with Crippen LogP contribution in [0, 0.1) is 18.3 Å². The lowest BCUT2D eigenvalue weighted by atomic mass is 10.1. The summed E-state index contributed by atoms with van der Waals surface area (Å²) in [5, 5.41) is 9.01. The lowest BCUT2D eigenvalue weighted by Crippen LogP contribution is -1.94. The molecule has 0 bridgehead atoms. The predicted molar refractivity (Wildman–Crippen MR) is 66.6 cm³/mol. The predicted octanol–water partition coefficient (Wildman–Crippen LogP) is 2.27. The number of H-pyrrole nitrogens is 1. The summed E-state index contributed by atoms with van der Waals surface area (Å²) in [6.07, 6.45) is 1.49. The minimum atomic E-state index is 0.333. The highest BCUT2D eigenvalue weighted by Crippen LogP contribution is 2.35. The van der Waals surface area contributed by atoms with Crippen molar-refractivity contribution in [3.05, 3.63) is 29.7 Å². The summed E-state index contributed by atoms with van der Waals surface area (Å²) in [5.74, 6) is 1.42. The zero-order valence-electron chi connectivity index (χ0n) is 10.4. The van der Waals surface area contributed by atoms with Gasteiger partial charge in [-0.3, -0.25) is 0 Å². The standard InChI is InChI=1S/C13H13N3O2/c1-8-4-12(18-3)9(5-11(8)17-2)13-10(6-14)15-7-16-13/h4-5,7H,1-3H3,(H,15,16). The molecule has 0 aliphatic heterocycles. The van der Waals surface area contributed by atoms with Crippen molar-refractivity contribution in [2.75, 3.05) is 14.2 Å². The summed E-state index contributed by atoms with van der Waals surface area (Å²) in [7, 11) is 3.20. The number of nitrogens with zero attached hydrogens (tertiary/aromatic N) is 2. The van der Waals surface area contributed by atoms with E-state index in [0.29, 0.717) is 17.1 Å². The molecule has 18 heavy (non-hydrogen) atoms. The van der Waals surface area contributed by atoms with E-state index in [1.54, 1.807) is 14.2 Å². The molecular weight excluding hydrogens is 230 g/mol. The van der Waals surface area contributed by atoms with Crippen molar-refractivity contribution in [2.45, 2.75) is 6.92 Å². The molecule has 0 aliphatic carbocycles. The zero-order chi connectivity index (χ0) is 13.1. The fraction of sp³-hybridized carbons (Fsp3) is 0.231. The van der Waals surface area contributed by atoms with Gasteiger partial charge in [0.05, 0.1) is 26.2 Å². The van der Waals surface area contributed by atoms with E-state index in [1.807, 2.05) is 25.1 Å². The molecular formula is C13H13N3O2. The Labute approximate surface area is 105 Å². The van der Waals surface area contributed by atoms with Crippen molar-refractivity contribution < 1.29 is 9.47 Å². The van der Waals surface area contributed by atoms with Crippen LogP contribution in [0.1, 0.15) is 11.3 Å². The molecule has 5 nitrogen and oxygen atoms in total. The van der Waals surface area contributed by atoms with E-state index in [0.717, 1.165) is 16.9 Å². The second kappa shape index (κ2) is 4.80. The van der Waals surface area contributed by atoms with Crippen molar-refractivity contribution in [1.29, 1.82) is 5.26 Å². The van der Waals surface area contributed by atoms with Crippen LogP contribution in [0.3, 0.4) is 0 Å². The van der Waals surface area contributed by atoms with Gasteiger partial charge in [-0.05, 0) is 24.6 Å². The van der Waals surface area contributed by atoms with Crippen LogP contribution in [0.15, 0.2) is 18.5 Å². The molecule has 0 unspecified atom stereocenters. The van der Waals surface area contributed by atoms with Crippen molar-refractivity contribution in [1.82, 2.24) is 9.97 Å². The third-order valence-corrected chi connectivity index (χ3v) is 2.73. The number of nitrogens with one attached hydrogen (secondary N) is 1. The number of methoxy groups -OCH3 is 2. The Morgan fingerprint density at radius 3 is 2.56 bits per heavy atom. The number of ether oxygens (including phenoxy) is 2. The third kappa shape index (κ3) is 1.89. The highest BCUT2D eigenvalue weighted by atomic mass is 16.5. The van der Waals surface area contributed by atoms with Gasteiger partial charge in [0.1, 0.15) is 17.6 Å². The summed E-state index contributed by atoms with van der Waals surface area (Å²) < 4.78 is 10.6. The molecule has 0 amide bonds. The Morgan fingerprint density at radius 1 is 1.22 bits per heavy atom. The Balaban J connectivity index is 2.66. The molecule has 0 radical (unpaired) electrons. The van der Waals surface area contributed by atoms with Crippen LogP contribution in [0.4, 0.5) is 0 Å². The molecule has 5 heteroatoms. The van der Waals surface area contributed by atoms with Gasteiger partial charge in [0.15, 0.2) is 5.69 Å². The molecule has 0 atom stereocenters. The number of aromatic amines is 1. The first-order chi connectivity index (χ1) is 8.71. The molecule has 0 saturated carbocycles. The normalized spacial score (nSPS) is 9.89. The van der Waals surface area contributed by atoms with Gasteiger partial charge in [0, 0.05) is 5.56 Å². The average Bonchev–Trinajstić information content (AvgIpc) is 2.86. The van der Waals surface area contributed by atoms with E-state index < -0.39 is 0 Å². The maximum absolute atomic E-state index is 9.01. The molecule has 1 N–H and O–H groups in total. The first kappa shape index (κ1) is 12.0. The number of nitriles is 1. The lowest BCUT2D eigenvalue weighted by Gasteiger charge is -2.12. The first-order valence-electron chi connectivity index (χ1n) is 5.37. The summed E-state index contributed by atoms with van der Waals surface area (Å²) in [4.78, 5) is 6.90. The summed E-state index contributed by atoms with van der Waals surface area (Å²) in [5.41, 5.74) is 2.69. The smallest absolute Gasteiger partial charge is 0.166 e. The second-order valence-corrected chi connectivity index (χ2v) is 3.76. The number of hydrogen-bond donors (Lipinski definition) is 1. The molecule has 1 heterocycles. The first-order valence-corrected chi connectivity index (χ1v) is 5.37. The van der Waals surface area contributed by atoms with Crippen LogP contribution >= 0.6 is 0 Å². The van der Waals surface area contributed by atoms with Gasteiger partial charge in [-0.2, -0.15) is 5.26 Å². The van der Waals surface area contributed by atoms with Crippen molar-refractivity contribution in [2.24, 2.45) is 0 Å². The van der Waals surface area contributed by atoms with Crippen LogP contribution in [0.2, 0.25) is 0 Å². The molecule has 0 spiro atoms. The molecule has 0 aliphatic rings. The van der Waals surface area contributed by atoms with Gasteiger partial charge >= 0.3 is 0 Å². The largest absolute Gasteiger partial charge is 0.496 e. The van der Waals surface area contributed by atoms with Crippen LogP contribution in [0.5, 0.6) is 11.5 Å². The summed E-state index contributed by atoms with van der Waals surface area (Å²) in [6, 6.07) is 5.75. The van der Waals surface area contributed by atoms with Gasteiger partial charge in [0.25, 0.3) is 0 Å². The highest BCUT2D eigenvalue weighted by Gasteiger charge is 2.15. The van der Waals surface area contributed by atoms with Gasteiger partial charge in [0.2, 0.25) is 0 Å². The van der Waals surface area contributed by atoms with E-state index in [1.165, 1.54) is 6.33 Å². The molecule has 1 aromatic heterocycles.